The van der Waals surface area contributed by atoms with Gasteiger partial charge in [0.25, 0.3) is 0 Å². The second-order valence-electron chi connectivity index (χ2n) is 22.8. The Morgan fingerprint density at radius 1 is 0.873 bits per heavy atom. The van der Waals surface area contributed by atoms with Gasteiger partial charge in [0.15, 0.2) is 34.8 Å². The third-order valence-electron chi connectivity index (χ3n) is 15.2. The second-order valence-corrected chi connectivity index (χ2v) is 31.7. The van der Waals surface area contributed by atoms with Crippen LogP contribution in [0.1, 0.15) is 94.9 Å². The molecule has 0 aromatic rings. The Balaban J connectivity index is 1.50. The highest BCUT2D eigenvalue weighted by Crippen LogP contribution is 2.55. The number of cyclic esters (lactones) is 1. The van der Waals surface area contributed by atoms with Gasteiger partial charge in [0.1, 0.15) is 17.9 Å². The Morgan fingerprint density at radius 3 is 2.11 bits per heavy atom. The van der Waals surface area contributed by atoms with Crippen molar-refractivity contribution in [2.24, 2.45) is 23.7 Å². The molecule has 17 heteroatoms. The van der Waals surface area contributed by atoms with E-state index in [0.717, 1.165) is 6.42 Å². The lowest BCUT2D eigenvalue weighted by atomic mass is 9.72. The minimum Gasteiger partial charge on any atom is -0.458 e. The predicted octanol–water partition coefficient (Wildman–Crippen LogP) is 6.74. The van der Waals surface area contributed by atoms with E-state index in [1.54, 1.807) is 7.11 Å². The summed E-state index contributed by atoms with van der Waals surface area (Å²) in [4.78, 5) is 32.8. The SMILES string of the molecule is CC[C@H]1OC(=O)[C@H](C)[C@@H](O[C@H]2C[C@@](C)(OC)[C@@H](O[Si](C)(C)C)[C@H](C)O2)[C@@H](C)[C@@H](O[C@@H]2O[C@H](C)C[C@H](N(C)C)[C@H]2O[Si](C)(C)C)[C@@]2(C)C[C@@H](C)C3(NCCN4C(=O)O[C@@]1(C)[C@@H]4[C@H]3C)O2. The van der Waals surface area contributed by atoms with E-state index in [4.69, 9.17) is 46.7 Å². The van der Waals surface area contributed by atoms with Crippen molar-refractivity contribution in [2.45, 2.75) is 224 Å². The number of carbonyl (C=O) groups excluding carboxylic acids is 2. The summed E-state index contributed by atoms with van der Waals surface area (Å²) in [5.74, 6) is -2.11. The van der Waals surface area contributed by atoms with Gasteiger partial charge in [-0.3, -0.25) is 15.0 Å². The molecule has 6 fully saturated rings. The van der Waals surface area contributed by atoms with Crippen LogP contribution in [0, 0.1) is 23.7 Å². The highest BCUT2D eigenvalue weighted by atomic mass is 28.4. The first-order chi connectivity index (χ1) is 29.0. The summed E-state index contributed by atoms with van der Waals surface area (Å²) in [5, 5.41) is 3.84. The Hall–Kier alpha value is -1.23. The van der Waals surface area contributed by atoms with Gasteiger partial charge in [-0.2, -0.15) is 0 Å². The molecule has 0 radical (unpaired) electrons. The summed E-state index contributed by atoms with van der Waals surface area (Å²) in [6, 6.07) is -0.442. The number of carbonyl (C=O) groups is 2. The Kier molecular flexibility index (Phi) is 14.9. The van der Waals surface area contributed by atoms with E-state index in [0.29, 0.717) is 32.4 Å². The Bertz CT molecular complexity index is 1630. The molecule has 6 rings (SSSR count). The molecule has 0 aromatic heterocycles. The number of fused-ring (bicyclic) bond motifs is 1. The first kappa shape index (κ1) is 51.2. The molecule has 364 valence electrons. The van der Waals surface area contributed by atoms with E-state index in [1.165, 1.54) is 0 Å². The summed E-state index contributed by atoms with van der Waals surface area (Å²) < 4.78 is 69.0. The van der Waals surface area contributed by atoms with Crippen molar-refractivity contribution >= 4 is 28.7 Å². The molecule has 6 saturated heterocycles. The molecule has 0 aromatic carbocycles. The smallest absolute Gasteiger partial charge is 0.410 e. The van der Waals surface area contributed by atoms with Gasteiger partial charge in [0.2, 0.25) is 0 Å². The van der Waals surface area contributed by atoms with Crippen LogP contribution < -0.4 is 5.32 Å². The van der Waals surface area contributed by atoms with Crippen LogP contribution in [0.3, 0.4) is 0 Å². The van der Waals surface area contributed by atoms with Crippen molar-refractivity contribution in [3.05, 3.63) is 0 Å². The van der Waals surface area contributed by atoms with Gasteiger partial charge in [0, 0.05) is 50.4 Å². The summed E-state index contributed by atoms with van der Waals surface area (Å²) in [7, 11) is 1.72. The molecule has 6 aliphatic rings. The number of esters is 1. The molecular formula is C46H85N3O12Si2. The standard InChI is InChI=1S/C46H85N3O12Si2/c1-20-33-45(10)37-30(6)46(47-21-22-49(37)42(51)58-45)26(2)24-44(9,61-46)38(57-41-36(59-62(14,15)16)32(48(11)12)23-27(3)53-41)28(4)35(29(5)40(50)55-33)56-34-25-43(8,52-13)39(31(7)54-34)60-63(17,18)19/h26-39,41,47H,20-25H2,1-19H3/t26-,27-,28-,29-,30-,31+,32+,33-,34+,35+,36-,37+,38-,39+,41+,43-,44-,45-,46?/m1/s1. The lowest BCUT2D eigenvalue weighted by Gasteiger charge is -2.51. The number of nitrogens with one attached hydrogen (secondary N) is 1. The molecule has 15 nitrogen and oxygen atoms in total. The fourth-order valence-electron chi connectivity index (χ4n) is 12.3. The third kappa shape index (κ3) is 9.88. The van der Waals surface area contributed by atoms with E-state index < -0.39 is 106 Å². The highest BCUT2D eigenvalue weighted by molar-refractivity contribution is 6.70. The maximum Gasteiger partial charge on any atom is 0.410 e. The molecule has 0 saturated carbocycles. The van der Waals surface area contributed by atoms with Crippen molar-refractivity contribution < 1.29 is 56.3 Å². The number of rotatable bonds is 11. The summed E-state index contributed by atoms with van der Waals surface area (Å²) >= 11 is 0. The van der Waals surface area contributed by atoms with Crippen molar-refractivity contribution in [3.63, 3.8) is 0 Å². The summed E-state index contributed by atoms with van der Waals surface area (Å²) in [6.07, 6.45) is -3.28. The number of methoxy groups -OCH3 is 1. The van der Waals surface area contributed by atoms with Gasteiger partial charge < -0.3 is 51.6 Å². The normalized spacial score (nSPS) is 47.6. The molecular weight excluding hydrogens is 843 g/mol. The molecule has 1 spiro atoms. The molecule has 0 aliphatic carbocycles. The fraction of sp³-hybridized carbons (Fsp3) is 0.957. The number of amides is 1. The molecule has 6 heterocycles. The van der Waals surface area contributed by atoms with Crippen LogP contribution in [-0.2, 0) is 51.5 Å². The van der Waals surface area contributed by atoms with Crippen LogP contribution in [0.4, 0.5) is 4.79 Å². The molecule has 19 atom stereocenters. The van der Waals surface area contributed by atoms with Crippen LogP contribution >= 0.6 is 0 Å². The minimum atomic E-state index is -2.14. The van der Waals surface area contributed by atoms with Crippen LogP contribution in [0.2, 0.25) is 39.3 Å². The van der Waals surface area contributed by atoms with Gasteiger partial charge in [-0.05, 0) is 114 Å². The van der Waals surface area contributed by atoms with Gasteiger partial charge >= 0.3 is 12.1 Å². The molecule has 63 heavy (non-hydrogen) atoms. The molecule has 1 N–H and O–H groups in total. The lowest BCUT2D eigenvalue weighted by molar-refractivity contribution is -0.320. The summed E-state index contributed by atoms with van der Waals surface area (Å²) in [5.41, 5.74) is -3.78. The van der Waals surface area contributed by atoms with Gasteiger partial charge in [0.05, 0.1) is 53.7 Å². The number of hydrogen-bond donors (Lipinski definition) is 1. The van der Waals surface area contributed by atoms with Crippen LogP contribution in [-0.4, -0.2) is 163 Å². The van der Waals surface area contributed by atoms with E-state index in [9.17, 15) is 9.59 Å². The molecule has 6 aliphatic heterocycles. The van der Waals surface area contributed by atoms with E-state index in [-0.39, 0.29) is 36.2 Å². The zero-order chi connectivity index (χ0) is 47.0. The van der Waals surface area contributed by atoms with E-state index >= 15 is 0 Å². The first-order valence-electron chi connectivity index (χ1n) is 23.9. The van der Waals surface area contributed by atoms with Gasteiger partial charge in [-0.15, -0.1) is 0 Å². The van der Waals surface area contributed by atoms with Crippen molar-refractivity contribution in [3.8, 4) is 0 Å². The van der Waals surface area contributed by atoms with Crippen LogP contribution in [0.5, 0.6) is 0 Å². The van der Waals surface area contributed by atoms with Crippen molar-refractivity contribution in [1.82, 2.24) is 15.1 Å². The maximum absolute atomic E-state index is 15.0. The summed E-state index contributed by atoms with van der Waals surface area (Å²) in [6.45, 7) is 34.4. The monoisotopic (exact) mass is 928 g/mol. The van der Waals surface area contributed by atoms with Gasteiger partial charge in [-0.25, -0.2) is 4.79 Å². The van der Waals surface area contributed by atoms with Crippen LogP contribution in [0.15, 0.2) is 0 Å². The number of likely N-dealkylation sites (N-methyl/N-ethyl adjacent to an activating group) is 1. The fourth-order valence-corrected chi connectivity index (χ4v) is 14.6. The van der Waals surface area contributed by atoms with Crippen molar-refractivity contribution in [2.75, 3.05) is 34.3 Å². The Labute approximate surface area is 381 Å². The largest absolute Gasteiger partial charge is 0.458 e. The lowest BCUT2D eigenvalue weighted by Crippen LogP contribution is -2.64. The zero-order valence-electron chi connectivity index (χ0n) is 42.2. The quantitative estimate of drug-likeness (QED) is 0.173. The first-order valence-corrected chi connectivity index (χ1v) is 30.7. The maximum atomic E-state index is 15.0. The number of nitrogens with zero attached hydrogens (tertiary/aromatic N) is 2. The molecule has 1 unspecified atom stereocenters. The minimum absolute atomic E-state index is 0.0207. The average Bonchev–Trinajstić information content (AvgIpc) is 3.52. The molecule has 1 amide bonds. The Morgan fingerprint density at radius 2 is 1.52 bits per heavy atom. The number of hydrogen-bond acceptors (Lipinski definition) is 14. The van der Waals surface area contributed by atoms with Crippen molar-refractivity contribution in [1.29, 1.82) is 0 Å². The molecule has 3 bridgehead atoms. The van der Waals surface area contributed by atoms with Gasteiger partial charge in [-0.1, -0.05) is 27.7 Å². The van der Waals surface area contributed by atoms with E-state index in [1.807, 2.05) is 39.5 Å². The van der Waals surface area contributed by atoms with E-state index in [2.05, 4.69) is 98.2 Å². The number of ether oxygens (including phenoxy) is 8. The average molecular weight is 928 g/mol. The topological polar surface area (TPSA) is 145 Å². The predicted molar refractivity (Wildman–Crippen MR) is 244 cm³/mol. The second kappa shape index (κ2) is 18.4. The highest BCUT2D eigenvalue weighted by Gasteiger charge is 2.68. The van der Waals surface area contributed by atoms with Crippen LogP contribution in [0.25, 0.3) is 0 Å². The zero-order valence-corrected chi connectivity index (χ0v) is 44.2. The third-order valence-corrected chi connectivity index (χ3v) is 17.1.